The van der Waals surface area contributed by atoms with Crippen molar-refractivity contribution in [3.8, 4) is 11.1 Å². The number of fused-ring (bicyclic) bond motifs is 1. The number of nitrogens with zero attached hydrogens (tertiary/aromatic N) is 3. The Balaban J connectivity index is 1.70. The second kappa shape index (κ2) is 8.87. The van der Waals surface area contributed by atoms with Gasteiger partial charge in [-0.1, -0.05) is 23.7 Å². The van der Waals surface area contributed by atoms with Crippen LogP contribution in [0.3, 0.4) is 0 Å². The Hall–Kier alpha value is -3.98. The molecule has 2 amide bonds. The summed E-state index contributed by atoms with van der Waals surface area (Å²) in [4.78, 5) is 33.8. The molecule has 0 fully saturated rings. The van der Waals surface area contributed by atoms with Gasteiger partial charge in [0.2, 0.25) is 5.95 Å². The van der Waals surface area contributed by atoms with E-state index in [9.17, 15) is 14.0 Å². The van der Waals surface area contributed by atoms with Crippen LogP contribution < -0.4 is 21.9 Å². The molecule has 2 heterocycles. The van der Waals surface area contributed by atoms with Gasteiger partial charge < -0.3 is 16.4 Å². The van der Waals surface area contributed by atoms with Gasteiger partial charge in [-0.25, -0.2) is 14.2 Å². The number of nitrogens with two attached hydrogens (primary N) is 1. The fraction of sp³-hybridized carbons (Fsp3) is 0.130. The van der Waals surface area contributed by atoms with E-state index in [2.05, 4.69) is 20.6 Å². The molecule has 10 heteroatoms. The number of urea groups is 1. The van der Waals surface area contributed by atoms with Crippen LogP contribution in [-0.2, 0) is 6.54 Å². The summed E-state index contributed by atoms with van der Waals surface area (Å²) < 4.78 is 16.0. The summed E-state index contributed by atoms with van der Waals surface area (Å²) in [5.74, 6) is -0.587. The molecule has 0 atom stereocenters. The Labute approximate surface area is 193 Å². The lowest BCUT2D eigenvalue weighted by Gasteiger charge is -2.13. The van der Waals surface area contributed by atoms with Crippen molar-refractivity contribution in [3.63, 3.8) is 0 Å². The maximum atomic E-state index is 14.5. The van der Waals surface area contributed by atoms with Crippen LogP contribution in [0.25, 0.3) is 22.2 Å². The lowest BCUT2D eigenvalue weighted by molar-refractivity contribution is 0.262. The largest absolute Gasteiger partial charge is 0.368 e. The first-order valence-electron chi connectivity index (χ1n) is 10.1. The molecule has 0 saturated carbocycles. The lowest BCUT2D eigenvalue weighted by atomic mass is 10.0. The molecule has 2 aromatic heterocycles. The number of benzene rings is 2. The lowest BCUT2D eigenvalue weighted by Crippen LogP contribution is -2.23. The van der Waals surface area contributed by atoms with Gasteiger partial charge in [0.05, 0.1) is 5.69 Å². The van der Waals surface area contributed by atoms with Crippen molar-refractivity contribution >= 4 is 46.0 Å². The molecular formula is C23H20ClFN6O2. The fourth-order valence-electron chi connectivity index (χ4n) is 3.48. The third-order valence-electron chi connectivity index (χ3n) is 5.20. The SMILES string of the molecule is CCn1c(=O)c(-c2ccc(F)c(NC(=O)Nc3cccc(Cl)c3C)c2)cc2cnc(N)nc21. The first-order valence-corrected chi connectivity index (χ1v) is 10.5. The number of carbonyl (C=O) groups excluding carboxylic acids is 1. The highest BCUT2D eigenvalue weighted by molar-refractivity contribution is 6.31. The van der Waals surface area contributed by atoms with Gasteiger partial charge in [0.25, 0.3) is 5.56 Å². The predicted molar refractivity (Wildman–Crippen MR) is 128 cm³/mol. The minimum Gasteiger partial charge on any atom is -0.368 e. The molecule has 0 bridgehead atoms. The van der Waals surface area contributed by atoms with E-state index in [1.807, 2.05) is 6.92 Å². The summed E-state index contributed by atoms with van der Waals surface area (Å²) in [6, 6.07) is 10.1. The highest BCUT2D eigenvalue weighted by atomic mass is 35.5. The molecule has 4 N–H and O–H groups in total. The van der Waals surface area contributed by atoms with Crippen molar-refractivity contribution in [2.45, 2.75) is 20.4 Å². The van der Waals surface area contributed by atoms with Gasteiger partial charge in [0.1, 0.15) is 11.5 Å². The highest BCUT2D eigenvalue weighted by Gasteiger charge is 2.15. The van der Waals surface area contributed by atoms with Crippen LogP contribution in [0.1, 0.15) is 12.5 Å². The molecule has 8 nitrogen and oxygen atoms in total. The zero-order valence-electron chi connectivity index (χ0n) is 17.8. The van der Waals surface area contributed by atoms with E-state index in [4.69, 9.17) is 17.3 Å². The summed E-state index contributed by atoms with van der Waals surface area (Å²) in [5, 5.41) is 6.24. The van der Waals surface area contributed by atoms with E-state index in [0.29, 0.717) is 45.0 Å². The Morgan fingerprint density at radius 3 is 2.70 bits per heavy atom. The molecule has 0 aliphatic carbocycles. The molecule has 0 aliphatic rings. The van der Waals surface area contributed by atoms with Crippen molar-refractivity contribution in [3.05, 3.63) is 75.4 Å². The van der Waals surface area contributed by atoms with Crippen LogP contribution in [0.2, 0.25) is 5.02 Å². The summed E-state index contributed by atoms with van der Waals surface area (Å²) in [6.07, 6.45) is 1.52. The summed E-state index contributed by atoms with van der Waals surface area (Å²) in [7, 11) is 0. The van der Waals surface area contributed by atoms with Crippen molar-refractivity contribution in [2.24, 2.45) is 0 Å². The van der Waals surface area contributed by atoms with Crippen LogP contribution in [0.4, 0.5) is 26.5 Å². The monoisotopic (exact) mass is 466 g/mol. The van der Waals surface area contributed by atoms with Gasteiger partial charge in [0.15, 0.2) is 0 Å². The summed E-state index contributed by atoms with van der Waals surface area (Å²) in [6.45, 7) is 3.92. The maximum absolute atomic E-state index is 14.5. The van der Waals surface area contributed by atoms with E-state index in [-0.39, 0.29) is 17.2 Å². The Morgan fingerprint density at radius 1 is 1.18 bits per heavy atom. The molecule has 4 rings (SSSR count). The standard InChI is InChI=1S/C23H20ClFN6O2/c1-3-31-20-14(11-27-22(26)30-20)9-15(21(31)32)13-7-8-17(25)19(10-13)29-23(33)28-18-6-4-5-16(24)12(18)2/h4-11H,3H2,1-2H3,(H2,26,27,30)(H2,28,29,33). The first-order chi connectivity index (χ1) is 15.8. The van der Waals surface area contributed by atoms with Gasteiger partial charge in [0, 0.05) is 34.4 Å². The fourth-order valence-corrected chi connectivity index (χ4v) is 3.65. The first kappa shape index (κ1) is 22.2. The van der Waals surface area contributed by atoms with Crippen molar-refractivity contribution in [1.82, 2.24) is 14.5 Å². The van der Waals surface area contributed by atoms with Crippen LogP contribution >= 0.6 is 11.6 Å². The third-order valence-corrected chi connectivity index (χ3v) is 5.61. The number of carbonyl (C=O) groups is 1. The van der Waals surface area contributed by atoms with Crippen molar-refractivity contribution < 1.29 is 9.18 Å². The molecule has 0 saturated heterocycles. The third kappa shape index (κ3) is 4.35. The summed E-state index contributed by atoms with van der Waals surface area (Å²) >= 11 is 6.08. The topological polar surface area (TPSA) is 115 Å². The van der Waals surface area contributed by atoms with Crippen LogP contribution in [0, 0.1) is 12.7 Å². The van der Waals surface area contributed by atoms with E-state index in [0.717, 1.165) is 0 Å². The predicted octanol–water partition coefficient (Wildman–Crippen LogP) is 4.81. The molecule has 2 aromatic carbocycles. The zero-order chi connectivity index (χ0) is 23.7. The van der Waals surface area contributed by atoms with E-state index < -0.39 is 11.8 Å². The van der Waals surface area contributed by atoms with Gasteiger partial charge >= 0.3 is 6.03 Å². The minimum absolute atomic E-state index is 0.0612. The second-order valence-corrected chi connectivity index (χ2v) is 7.71. The number of aryl methyl sites for hydroxylation is 1. The number of anilines is 3. The van der Waals surface area contributed by atoms with Gasteiger partial charge in [-0.3, -0.25) is 9.36 Å². The van der Waals surface area contributed by atoms with Crippen molar-refractivity contribution in [1.29, 1.82) is 0 Å². The number of pyridine rings is 1. The van der Waals surface area contributed by atoms with E-state index >= 15 is 0 Å². The van der Waals surface area contributed by atoms with Crippen LogP contribution in [0.5, 0.6) is 0 Å². The molecule has 0 spiro atoms. The minimum atomic E-state index is -0.649. The number of aromatic nitrogens is 3. The number of nitrogens with one attached hydrogen (secondary N) is 2. The smallest absolute Gasteiger partial charge is 0.323 e. The molecule has 0 unspecified atom stereocenters. The number of nitrogen functional groups attached to an aromatic ring is 1. The van der Waals surface area contributed by atoms with E-state index in [1.165, 1.54) is 29.0 Å². The Kier molecular flexibility index (Phi) is 5.97. The average Bonchev–Trinajstić information content (AvgIpc) is 2.78. The Morgan fingerprint density at radius 2 is 1.94 bits per heavy atom. The molecular weight excluding hydrogens is 447 g/mol. The zero-order valence-corrected chi connectivity index (χ0v) is 18.6. The quantitative estimate of drug-likeness (QED) is 0.399. The van der Waals surface area contributed by atoms with Crippen LogP contribution in [-0.4, -0.2) is 20.6 Å². The molecule has 4 aromatic rings. The number of amides is 2. The maximum Gasteiger partial charge on any atom is 0.323 e. The number of hydrogen-bond acceptors (Lipinski definition) is 5. The Bertz CT molecular complexity index is 1450. The number of halogens is 2. The summed E-state index contributed by atoms with van der Waals surface area (Å²) in [5.41, 5.74) is 7.60. The van der Waals surface area contributed by atoms with Gasteiger partial charge in [-0.2, -0.15) is 4.98 Å². The normalized spacial score (nSPS) is 10.9. The molecule has 0 aliphatic heterocycles. The van der Waals surface area contributed by atoms with Gasteiger partial charge in [-0.05, 0) is 55.3 Å². The average molecular weight is 467 g/mol. The molecule has 0 radical (unpaired) electrons. The number of rotatable bonds is 4. The van der Waals surface area contributed by atoms with Crippen LogP contribution in [0.15, 0.2) is 53.5 Å². The van der Waals surface area contributed by atoms with Gasteiger partial charge in [-0.15, -0.1) is 0 Å². The molecule has 33 heavy (non-hydrogen) atoms. The van der Waals surface area contributed by atoms with Crippen molar-refractivity contribution in [2.75, 3.05) is 16.4 Å². The molecule has 168 valence electrons. The van der Waals surface area contributed by atoms with E-state index in [1.54, 1.807) is 31.2 Å². The second-order valence-electron chi connectivity index (χ2n) is 7.30. The highest BCUT2D eigenvalue weighted by Crippen LogP contribution is 2.26. The number of hydrogen-bond donors (Lipinski definition) is 3.